The van der Waals surface area contributed by atoms with Crippen molar-refractivity contribution in [2.75, 3.05) is 0 Å². The summed E-state index contributed by atoms with van der Waals surface area (Å²) in [6.45, 7) is 15.3. The molecule has 0 aliphatic heterocycles. The molecule has 0 aliphatic rings. The van der Waals surface area contributed by atoms with E-state index in [-0.39, 0.29) is 28.2 Å². The van der Waals surface area contributed by atoms with Crippen LogP contribution in [0.1, 0.15) is 34.7 Å². The Hall–Kier alpha value is -6.64. The molecule has 45 heavy (non-hydrogen) atoms. The highest BCUT2D eigenvalue weighted by molar-refractivity contribution is 5.88. The van der Waals surface area contributed by atoms with Gasteiger partial charge in [-0.1, -0.05) is 62.1 Å². The second-order valence-electron chi connectivity index (χ2n) is 8.85. The van der Waals surface area contributed by atoms with Crippen LogP contribution in [0.25, 0.3) is 6.08 Å². The molecule has 0 unspecified atom stereocenters. The molecule has 0 saturated carbocycles. The first-order valence-electron chi connectivity index (χ1n) is 13.1. The third-order valence-electron chi connectivity index (χ3n) is 5.45. The molecule has 0 amide bonds. The van der Waals surface area contributed by atoms with E-state index in [0.29, 0.717) is 16.9 Å². The lowest BCUT2D eigenvalue weighted by atomic mass is 10.1. The van der Waals surface area contributed by atoms with E-state index in [9.17, 15) is 19.2 Å². The summed E-state index contributed by atoms with van der Waals surface area (Å²) in [5, 5.41) is 0. The molecule has 8 heteroatoms. The molecular formula is C37H26O8. The van der Waals surface area contributed by atoms with Gasteiger partial charge in [0.05, 0.1) is 17.4 Å². The lowest BCUT2D eigenvalue weighted by Crippen LogP contribution is -2.08. The summed E-state index contributed by atoms with van der Waals surface area (Å²) in [5.74, 6) is 9.57. The predicted molar refractivity (Wildman–Crippen MR) is 169 cm³/mol. The van der Waals surface area contributed by atoms with Crippen LogP contribution in [0.5, 0.6) is 17.2 Å². The van der Waals surface area contributed by atoms with E-state index in [0.717, 1.165) is 23.8 Å². The van der Waals surface area contributed by atoms with Crippen LogP contribution in [0.4, 0.5) is 0 Å². The third kappa shape index (κ3) is 10.3. The van der Waals surface area contributed by atoms with Gasteiger partial charge >= 0.3 is 23.9 Å². The van der Waals surface area contributed by atoms with Gasteiger partial charge in [-0.25, -0.2) is 19.2 Å². The summed E-state index contributed by atoms with van der Waals surface area (Å²) >= 11 is 0. The minimum atomic E-state index is -0.737. The number of rotatable bonds is 9. The molecule has 3 rings (SSSR count). The van der Waals surface area contributed by atoms with Crippen LogP contribution < -0.4 is 14.2 Å². The fourth-order valence-electron chi connectivity index (χ4n) is 3.22. The highest BCUT2D eigenvalue weighted by atomic mass is 16.5. The van der Waals surface area contributed by atoms with Gasteiger partial charge < -0.3 is 18.9 Å². The standard InChI is InChI=1S/C37H26O8/c1-6-34(38)43-31-19-15-27(16-20-31)14-18-30-24-32(44-35(39)7-2)29(23-33(30)45-36(40)8-3)17-13-26-9-11-28(12-10-26)21-22-42-37(41)25(4)5/h6-12,15-16,19-24H,1-4H2,5H3. The van der Waals surface area contributed by atoms with Crippen molar-refractivity contribution < 1.29 is 38.1 Å². The molecule has 3 aromatic rings. The highest BCUT2D eigenvalue weighted by Crippen LogP contribution is 2.29. The predicted octanol–water partition coefficient (Wildman–Crippen LogP) is 5.85. The van der Waals surface area contributed by atoms with Gasteiger partial charge in [-0.2, -0.15) is 0 Å². The van der Waals surface area contributed by atoms with Crippen molar-refractivity contribution in [1.82, 2.24) is 0 Å². The van der Waals surface area contributed by atoms with Gasteiger partial charge in [-0.05, 0) is 55.0 Å². The lowest BCUT2D eigenvalue weighted by molar-refractivity contribution is -0.133. The molecule has 0 fully saturated rings. The van der Waals surface area contributed by atoms with Crippen molar-refractivity contribution in [1.29, 1.82) is 0 Å². The number of hydrogen-bond acceptors (Lipinski definition) is 8. The summed E-state index contributed by atoms with van der Waals surface area (Å²) < 4.78 is 20.9. The molecule has 0 spiro atoms. The van der Waals surface area contributed by atoms with Crippen molar-refractivity contribution >= 4 is 30.0 Å². The van der Waals surface area contributed by atoms with Crippen LogP contribution >= 0.6 is 0 Å². The average molecular weight is 599 g/mol. The fraction of sp³-hybridized carbons (Fsp3) is 0.0270. The first-order chi connectivity index (χ1) is 21.6. The van der Waals surface area contributed by atoms with E-state index in [1.807, 2.05) is 0 Å². The van der Waals surface area contributed by atoms with E-state index in [1.54, 1.807) is 61.5 Å². The van der Waals surface area contributed by atoms with Crippen molar-refractivity contribution in [2.45, 2.75) is 6.92 Å². The second kappa shape index (κ2) is 16.1. The first kappa shape index (κ1) is 32.9. The summed E-state index contributed by atoms with van der Waals surface area (Å²) in [5.41, 5.74) is 2.65. The smallest absolute Gasteiger partial charge is 0.337 e. The maximum Gasteiger partial charge on any atom is 0.337 e. The molecule has 0 heterocycles. The van der Waals surface area contributed by atoms with E-state index in [2.05, 4.69) is 50.0 Å². The molecule has 0 atom stereocenters. The maximum atomic E-state index is 12.1. The molecule has 0 aliphatic carbocycles. The Morgan fingerprint density at radius 1 is 0.644 bits per heavy atom. The maximum absolute atomic E-state index is 12.1. The monoisotopic (exact) mass is 598 g/mol. The zero-order valence-electron chi connectivity index (χ0n) is 24.3. The summed E-state index contributed by atoms with van der Waals surface area (Å²) in [6.07, 6.45) is 5.91. The number of benzene rings is 3. The van der Waals surface area contributed by atoms with E-state index < -0.39 is 23.9 Å². The third-order valence-corrected chi connectivity index (χ3v) is 5.45. The Balaban J connectivity index is 1.98. The van der Waals surface area contributed by atoms with Crippen molar-refractivity contribution in [3.8, 4) is 40.9 Å². The van der Waals surface area contributed by atoms with Gasteiger partial charge in [0.2, 0.25) is 0 Å². The fourth-order valence-corrected chi connectivity index (χ4v) is 3.22. The molecule has 8 nitrogen and oxygen atoms in total. The average Bonchev–Trinajstić information content (AvgIpc) is 3.04. The number of carbonyl (C=O) groups excluding carboxylic acids is 4. The Morgan fingerprint density at radius 3 is 1.53 bits per heavy atom. The topological polar surface area (TPSA) is 105 Å². The van der Waals surface area contributed by atoms with Gasteiger partial charge in [0.25, 0.3) is 0 Å². The van der Waals surface area contributed by atoms with Gasteiger partial charge in [-0.15, -0.1) is 0 Å². The molecule has 0 saturated heterocycles. The Bertz CT molecular complexity index is 1830. The molecule has 222 valence electrons. The van der Waals surface area contributed by atoms with E-state index >= 15 is 0 Å². The van der Waals surface area contributed by atoms with Gasteiger partial charge in [-0.3, -0.25) is 0 Å². The Labute approximate surface area is 260 Å². The summed E-state index contributed by atoms with van der Waals surface area (Å²) in [7, 11) is 0. The number of carbonyl (C=O) groups is 4. The summed E-state index contributed by atoms with van der Waals surface area (Å²) in [6, 6.07) is 16.2. The van der Waals surface area contributed by atoms with Crippen LogP contribution in [0.2, 0.25) is 0 Å². The first-order valence-corrected chi connectivity index (χ1v) is 13.1. The normalized spacial score (nSPS) is 9.71. The molecule has 3 aromatic carbocycles. The highest BCUT2D eigenvalue weighted by Gasteiger charge is 2.14. The molecule has 0 aromatic heterocycles. The van der Waals surface area contributed by atoms with Crippen LogP contribution in [0.3, 0.4) is 0 Å². The number of ether oxygens (including phenoxy) is 4. The van der Waals surface area contributed by atoms with Crippen LogP contribution in [-0.4, -0.2) is 23.9 Å². The van der Waals surface area contributed by atoms with E-state index in [1.165, 1.54) is 18.4 Å². The van der Waals surface area contributed by atoms with Gasteiger partial charge in [0, 0.05) is 47.1 Å². The molecule has 0 bridgehead atoms. The second-order valence-corrected chi connectivity index (χ2v) is 8.85. The van der Waals surface area contributed by atoms with Crippen molar-refractivity contribution in [3.63, 3.8) is 0 Å². The Kier molecular flexibility index (Phi) is 11.8. The number of hydrogen-bond donors (Lipinski definition) is 0. The minimum absolute atomic E-state index is 0.0522. The minimum Gasteiger partial charge on any atom is -0.431 e. The van der Waals surface area contributed by atoms with Crippen molar-refractivity contribution in [2.24, 2.45) is 0 Å². The van der Waals surface area contributed by atoms with Crippen molar-refractivity contribution in [3.05, 3.63) is 145 Å². The van der Waals surface area contributed by atoms with Gasteiger partial charge in [0.1, 0.15) is 17.2 Å². The van der Waals surface area contributed by atoms with Gasteiger partial charge in [0.15, 0.2) is 0 Å². The molecular weight excluding hydrogens is 572 g/mol. The van der Waals surface area contributed by atoms with Crippen LogP contribution in [-0.2, 0) is 23.9 Å². The molecule has 0 radical (unpaired) electrons. The van der Waals surface area contributed by atoms with Crippen LogP contribution in [0.15, 0.2) is 117 Å². The number of esters is 4. The zero-order valence-corrected chi connectivity index (χ0v) is 24.3. The summed E-state index contributed by atoms with van der Waals surface area (Å²) in [4.78, 5) is 47.2. The zero-order chi connectivity index (χ0) is 32.8. The van der Waals surface area contributed by atoms with E-state index in [4.69, 9.17) is 18.9 Å². The lowest BCUT2D eigenvalue weighted by Gasteiger charge is -2.10. The van der Waals surface area contributed by atoms with Crippen LogP contribution in [0, 0.1) is 23.7 Å². The Morgan fingerprint density at radius 2 is 1.09 bits per heavy atom. The quantitative estimate of drug-likeness (QED) is 0.0993. The largest absolute Gasteiger partial charge is 0.431 e. The SMILES string of the molecule is C=CC(=O)Oc1ccc(C#Cc2cc(OC(=O)C=C)c(C#Cc3ccc(C=COC(=O)C(=C)C)cc3)cc2OC(=O)C=C)cc1. The molecule has 0 N–H and O–H groups in total.